The van der Waals surface area contributed by atoms with Crippen LogP contribution in [0, 0.1) is 6.92 Å². The summed E-state index contributed by atoms with van der Waals surface area (Å²) in [6.07, 6.45) is 3.02. The van der Waals surface area contributed by atoms with Crippen LogP contribution in [0.4, 0.5) is 0 Å². The highest BCUT2D eigenvalue weighted by Gasteiger charge is 2.13. The molecule has 0 saturated carbocycles. The molecule has 0 aliphatic heterocycles. The number of carbonyl (C=O) groups excluding carboxylic acids is 1. The predicted octanol–water partition coefficient (Wildman–Crippen LogP) is 1.99. The van der Waals surface area contributed by atoms with E-state index in [9.17, 15) is 13.2 Å². The highest BCUT2D eigenvalue weighted by Crippen LogP contribution is 2.09. The zero-order valence-corrected chi connectivity index (χ0v) is 15.3. The number of hydrogen-bond donors (Lipinski definition) is 2. The topological polar surface area (TPSA) is 84.5 Å². The molecule has 1 aromatic carbocycles. The minimum atomic E-state index is -3.56. The molecule has 6 nitrogen and oxygen atoms in total. The van der Waals surface area contributed by atoms with Gasteiger partial charge in [-0.25, -0.2) is 13.1 Å². The molecule has 0 atom stereocenters. The molecule has 0 radical (unpaired) electrons. The molecule has 0 aromatic heterocycles. The van der Waals surface area contributed by atoms with E-state index >= 15 is 0 Å². The summed E-state index contributed by atoms with van der Waals surface area (Å²) in [7, 11) is -3.56. The lowest BCUT2D eigenvalue weighted by Crippen LogP contribution is -2.31. The number of ether oxygens (including phenoxy) is 1. The first kappa shape index (κ1) is 20.6. The van der Waals surface area contributed by atoms with Crippen LogP contribution in [0.1, 0.15) is 38.2 Å². The van der Waals surface area contributed by atoms with Crippen LogP contribution in [0.5, 0.6) is 0 Å². The van der Waals surface area contributed by atoms with Crippen molar-refractivity contribution in [1.82, 2.24) is 10.0 Å². The van der Waals surface area contributed by atoms with Crippen molar-refractivity contribution in [1.29, 1.82) is 0 Å². The van der Waals surface area contributed by atoms with Crippen LogP contribution < -0.4 is 10.0 Å². The van der Waals surface area contributed by atoms with Gasteiger partial charge in [0.15, 0.2) is 0 Å². The molecule has 7 heteroatoms. The first-order chi connectivity index (χ1) is 11.5. The Morgan fingerprint density at radius 2 is 1.75 bits per heavy atom. The minimum Gasteiger partial charge on any atom is -0.381 e. The third-order valence-electron chi connectivity index (χ3n) is 3.41. The fraction of sp³-hybridized carbons (Fsp3) is 0.588. The summed E-state index contributed by atoms with van der Waals surface area (Å²) < 4.78 is 31.9. The van der Waals surface area contributed by atoms with Crippen molar-refractivity contribution in [3.63, 3.8) is 0 Å². The largest absolute Gasteiger partial charge is 0.381 e. The number of aryl methyl sites for hydroxylation is 1. The van der Waals surface area contributed by atoms with Gasteiger partial charge < -0.3 is 10.1 Å². The lowest BCUT2D eigenvalue weighted by Gasteiger charge is -2.08. The van der Waals surface area contributed by atoms with Gasteiger partial charge in [-0.1, -0.05) is 31.0 Å². The first-order valence-electron chi connectivity index (χ1n) is 8.36. The van der Waals surface area contributed by atoms with Crippen molar-refractivity contribution in [3.8, 4) is 0 Å². The van der Waals surface area contributed by atoms with Crippen LogP contribution in [-0.4, -0.2) is 40.6 Å². The van der Waals surface area contributed by atoms with Gasteiger partial charge in [-0.2, -0.15) is 0 Å². The first-order valence-corrected chi connectivity index (χ1v) is 9.85. The molecule has 0 fully saturated rings. The molecule has 1 amide bonds. The van der Waals surface area contributed by atoms with Crippen molar-refractivity contribution < 1.29 is 17.9 Å². The molecule has 0 saturated heterocycles. The minimum absolute atomic E-state index is 0.0784. The van der Waals surface area contributed by atoms with Crippen LogP contribution >= 0.6 is 0 Å². The molecular weight excluding hydrogens is 328 g/mol. The van der Waals surface area contributed by atoms with Gasteiger partial charge in [-0.15, -0.1) is 0 Å². The second-order valence-electron chi connectivity index (χ2n) is 5.63. The van der Waals surface area contributed by atoms with Crippen LogP contribution in [0.3, 0.4) is 0 Å². The molecule has 136 valence electrons. The maximum Gasteiger partial charge on any atom is 0.240 e. The lowest BCUT2D eigenvalue weighted by molar-refractivity contribution is -0.120. The summed E-state index contributed by atoms with van der Waals surface area (Å²) in [5.74, 6) is -0.171. The zero-order valence-electron chi connectivity index (χ0n) is 14.5. The van der Waals surface area contributed by atoms with E-state index in [1.165, 1.54) is 0 Å². The number of rotatable bonds is 12. The van der Waals surface area contributed by atoms with Crippen molar-refractivity contribution in [2.75, 3.05) is 26.3 Å². The van der Waals surface area contributed by atoms with Crippen LogP contribution in [-0.2, 0) is 19.6 Å². The molecule has 0 aliphatic rings. The number of benzene rings is 1. The highest BCUT2D eigenvalue weighted by molar-refractivity contribution is 7.89. The van der Waals surface area contributed by atoms with Crippen LogP contribution in [0.25, 0.3) is 0 Å². The monoisotopic (exact) mass is 356 g/mol. The Kier molecular flexibility index (Phi) is 9.59. The number of carbonyl (C=O) groups is 1. The number of nitrogens with one attached hydrogen (secondary N) is 2. The Morgan fingerprint density at radius 3 is 2.42 bits per heavy atom. The van der Waals surface area contributed by atoms with E-state index < -0.39 is 10.0 Å². The fourth-order valence-electron chi connectivity index (χ4n) is 1.94. The zero-order chi connectivity index (χ0) is 17.8. The van der Waals surface area contributed by atoms with Crippen molar-refractivity contribution in [2.45, 2.75) is 44.4 Å². The number of amides is 1. The molecule has 1 rings (SSSR count). The molecule has 0 heterocycles. The molecule has 0 aliphatic carbocycles. The maximum absolute atomic E-state index is 12.1. The summed E-state index contributed by atoms with van der Waals surface area (Å²) in [4.78, 5) is 11.9. The third kappa shape index (κ3) is 8.42. The summed E-state index contributed by atoms with van der Waals surface area (Å²) in [5, 5.41) is 2.75. The van der Waals surface area contributed by atoms with E-state index in [0.717, 1.165) is 31.4 Å². The molecule has 2 N–H and O–H groups in total. The van der Waals surface area contributed by atoms with Crippen molar-refractivity contribution in [3.05, 3.63) is 29.8 Å². The van der Waals surface area contributed by atoms with Gasteiger partial charge >= 0.3 is 0 Å². The molecular formula is C17H28N2O4S. The predicted molar refractivity (Wildman–Crippen MR) is 94.3 cm³/mol. The lowest BCUT2D eigenvalue weighted by atomic mass is 10.2. The Balaban J connectivity index is 2.17. The van der Waals surface area contributed by atoms with Gasteiger partial charge in [-0.3, -0.25) is 4.79 Å². The number of hydrogen-bond acceptors (Lipinski definition) is 4. The summed E-state index contributed by atoms with van der Waals surface area (Å²) in [6, 6.07) is 6.58. The van der Waals surface area contributed by atoms with Gasteiger partial charge in [0.2, 0.25) is 15.9 Å². The normalized spacial score (nSPS) is 11.4. The van der Waals surface area contributed by atoms with E-state index in [2.05, 4.69) is 17.0 Å². The third-order valence-corrected chi connectivity index (χ3v) is 4.88. The maximum atomic E-state index is 12.1. The number of unbranched alkanes of at least 4 members (excludes halogenated alkanes) is 1. The second kappa shape index (κ2) is 11.2. The summed E-state index contributed by atoms with van der Waals surface area (Å²) in [6.45, 7) is 6.00. The average Bonchev–Trinajstić information content (AvgIpc) is 2.54. The Bertz CT molecular complexity index is 585. The van der Waals surface area contributed by atoms with E-state index in [1.807, 2.05) is 6.92 Å². The SMILES string of the molecule is CCCCOCCCNC(=O)CCNS(=O)(=O)c1ccc(C)cc1. The van der Waals surface area contributed by atoms with Crippen LogP contribution in [0.2, 0.25) is 0 Å². The average molecular weight is 356 g/mol. The highest BCUT2D eigenvalue weighted by atomic mass is 32.2. The second-order valence-corrected chi connectivity index (χ2v) is 7.40. The van der Waals surface area contributed by atoms with E-state index in [1.54, 1.807) is 24.3 Å². The summed E-state index contributed by atoms with van der Waals surface area (Å²) in [5.41, 5.74) is 0.993. The van der Waals surface area contributed by atoms with Crippen molar-refractivity contribution in [2.24, 2.45) is 0 Å². The van der Waals surface area contributed by atoms with E-state index in [4.69, 9.17) is 4.74 Å². The quantitative estimate of drug-likeness (QED) is 0.561. The Morgan fingerprint density at radius 1 is 1.08 bits per heavy atom. The van der Waals surface area contributed by atoms with Gasteiger partial charge in [0.05, 0.1) is 4.90 Å². The molecule has 0 spiro atoms. The van der Waals surface area contributed by atoms with Gasteiger partial charge in [-0.05, 0) is 31.9 Å². The van der Waals surface area contributed by atoms with Crippen molar-refractivity contribution >= 4 is 15.9 Å². The molecule has 0 bridgehead atoms. The summed E-state index contributed by atoms with van der Waals surface area (Å²) >= 11 is 0. The molecule has 0 unspecified atom stereocenters. The molecule has 24 heavy (non-hydrogen) atoms. The Labute approximate surface area is 145 Å². The van der Waals surface area contributed by atoms with E-state index in [-0.39, 0.29) is 23.8 Å². The Hall–Kier alpha value is -1.44. The fourth-order valence-corrected chi connectivity index (χ4v) is 2.97. The van der Waals surface area contributed by atoms with Gasteiger partial charge in [0, 0.05) is 32.7 Å². The molecule has 1 aromatic rings. The smallest absolute Gasteiger partial charge is 0.240 e. The number of sulfonamides is 1. The van der Waals surface area contributed by atoms with E-state index in [0.29, 0.717) is 13.2 Å². The van der Waals surface area contributed by atoms with Gasteiger partial charge in [0.25, 0.3) is 0 Å². The van der Waals surface area contributed by atoms with Gasteiger partial charge in [0.1, 0.15) is 0 Å². The standard InChI is InChI=1S/C17H28N2O4S/c1-3-4-13-23-14-5-11-18-17(20)10-12-19-24(21,22)16-8-6-15(2)7-9-16/h6-9,19H,3-5,10-14H2,1-2H3,(H,18,20). The van der Waals surface area contributed by atoms with Crippen LogP contribution in [0.15, 0.2) is 29.2 Å².